The number of carbonyl (C=O) groups is 1. The summed E-state index contributed by atoms with van der Waals surface area (Å²) in [5.41, 5.74) is -5.14. The Morgan fingerprint density at radius 3 is 1.98 bits per heavy atom. The summed E-state index contributed by atoms with van der Waals surface area (Å²) in [7, 11) is 0. The number of pyridine rings is 1. The number of piperidine rings is 1. The molecule has 0 spiro atoms. The fraction of sp³-hybridized carbons (Fsp3) is 0.419. The first-order valence-electron chi connectivity index (χ1n) is 13.8. The number of amides is 1. The van der Waals surface area contributed by atoms with Crippen molar-refractivity contribution in [3.63, 3.8) is 0 Å². The molecule has 2 atom stereocenters. The predicted octanol–water partition coefficient (Wildman–Crippen LogP) is 6.33. The van der Waals surface area contributed by atoms with Gasteiger partial charge in [-0.3, -0.25) is 9.78 Å². The van der Waals surface area contributed by atoms with Gasteiger partial charge >= 0.3 is 12.4 Å². The predicted molar refractivity (Wildman–Crippen MR) is 145 cm³/mol. The number of carbonyl (C=O) groups excluding carboxylic acids is 1. The number of anilines is 1. The Kier molecular flexibility index (Phi) is 7.95. The van der Waals surface area contributed by atoms with Gasteiger partial charge in [0.15, 0.2) is 0 Å². The molecule has 0 radical (unpaired) electrons. The summed E-state index contributed by atoms with van der Waals surface area (Å²) in [4.78, 5) is 21.6. The van der Waals surface area contributed by atoms with E-state index in [0.29, 0.717) is 49.2 Å². The number of likely N-dealkylation sites (tertiary alicyclic amines) is 1. The van der Waals surface area contributed by atoms with E-state index in [1.54, 1.807) is 29.4 Å². The van der Waals surface area contributed by atoms with Gasteiger partial charge in [0.2, 0.25) is 5.91 Å². The number of rotatable bonds is 5. The standard InChI is InChI=1S/C31H30F7N3O2/c1-28(22-6-8-24(32)9-7-22)19-41(27(42)21-12-16-40(17-13-21)25-10-14-39-15-11-25)18-26(28)20-2-4-23(5-3-20)29(43,30(33,34)35)31(36,37)38/h2-11,14-15,21,26,43H,12-13,16-19H2,1H3/t26-,28+/m0/s1. The highest BCUT2D eigenvalue weighted by atomic mass is 19.4. The number of halogens is 7. The second-order valence-corrected chi connectivity index (χ2v) is 11.5. The summed E-state index contributed by atoms with van der Waals surface area (Å²) >= 11 is 0. The minimum Gasteiger partial charge on any atom is -0.371 e. The van der Waals surface area contributed by atoms with Crippen LogP contribution in [0.25, 0.3) is 0 Å². The molecule has 3 aromatic rings. The maximum Gasteiger partial charge on any atom is 0.430 e. The molecule has 2 aromatic carbocycles. The Balaban J connectivity index is 1.42. The Morgan fingerprint density at radius 1 is 0.884 bits per heavy atom. The molecule has 230 valence electrons. The van der Waals surface area contributed by atoms with Gasteiger partial charge < -0.3 is 14.9 Å². The largest absolute Gasteiger partial charge is 0.430 e. The number of benzene rings is 2. The lowest BCUT2D eigenvalue weighted by Gasteiger charge is -2.35. The lowest BCUT2D eigenvalue weighted by Crippen LogP contribution is -2.53. The first-order valence-corrected chi connectivity index (χ1v) is 13.8. The number of aromatic nitrogens is 1. The van der Waals surface area contributed by atoms with E-state index in [-0.39, 0.29) is 24.9 Å². The van der Waals surface area contributed by atoms with Crippen LogP contribution in [-0.4, -0.2) is 59.4 Å². The van der Waals surface area contributed by atoms with Gasteiger partial charge in [-0.1, -0.05) is 43.3 Å². The van der Waals surface area contributed by atoms with Gasteiger partial charge in [0, 0.05) is 67.1 Å². The van der Waals surface area contributed by atoms with Gasteiger partial charge in [0.1, 0.15) is 5.82 Å². The number of alkyl halides is 6. The summed E-state index contributed by atoms with van der Waals surface area (Å²) < 4.78 is 94.5. The molecule has 43 heavy (non-hydrogen) atoms. The first kappa shape index (κ1) is 30.8. The topological polar surface area (TPSA) is 56.7 Å². The molecule has 0 saturated carbocycles. The van der Waals surface area contributed by atoms with Crippen molar-refractivity contribution in [3.8, 4) is 0 Å². The molecule has 12 heteroatoms. The van der Waals surface area contributed by atoms with Crippen molar-refractivity contribution < 1.29 is 40.6 Å². The fourth-order valence-electron chi connectivity index (χ4n) is 6.40. The van der Waals surface area contributed by atoms with Gasteiger partial charge in [0.25, 0.3) is 5.60 Å². The molecule has 0 unspecified atom stereocenters. The van der Waals surface area contributed by atoms with Crippen LogP contribution in [0.5, 0.6) is 0 Å². The third-order valence-corrected chi connectivity index (χ3v) is 8.93. The van der Waals surface area contributed by atoms with E-state index in [2.05, 4.69) is 9.88 Å². The molecule has 2 saturated heterocycles. The average Bonchev–Trinajstić information content (AvgIpc) is 3.34. The first-order chi connectivity index (χ1) is 20.1. The fourth-order valence-corrected chi connectivity index (χ4v) is 6.40. The molecular formula is C31H30F7N3O2. The summed E-state index contributed by atoms with van der Waals surface area (Å²) in [6, 6.07) is 13.0. The zero-order chi connectivity index (χ0) is 31.2. The van der Waals surface area contributed by atoms with Crippen LogP contribution in [0.1, 0.15) is 42.4 Å². The maximum absolute atomic E-state index is 13.8. The van der Waals surface area contributed by atoms with Gasteiger partial charge in [-0.2, -0.15) is 26.3 Å². The number of hydrogen-bond acceptors (Lipinski definition) is 4. The molecule has 1 aromatic heterocycles. The monoisotopic (exact) mass is 609 g/mol. The molecule has 2 aliphatic heterocycles. The number of hydrogen-bond donors (Lipinski definition) is 1. The number of aliphatic hydroxyl groups is 1. The Labute approximate surface area is 243 Å². The maximum atomic E-state index is 13.8. The molecule has 0 bridgehead atoms. The molecule has 2 fully saturated rings. The quantitative estimate of drug-likeness (QED) is 0.344. The average molecular weight is 610 g/mol. The van der Waals surface area contributed by atoms with Crippen molar-refractivity contribution in [1.82, 2.24) is 9.88 Å². The van der Waals surface area contributed by atoms with E-state index in [9.17, 15) is 40.6 Å². The molecular weight excluding hydrogens is 579 g/mol. The lowest BCUT2D eigenvalue weighted by atomic mass is 9.71. The van der Waals surface area contributed by atoms with E-state index in [1.807, 2.05) is 19.1 Å². The highest BCUT2D eigenvalue weighted by Gasteiger charge is 2.71. The van der Waals surface area contributed by atoms with Crippen LogP contribution in [-0.2, 0) is 15.8 Å². The van der Waals surface area contributed by atoms with E-state index >= 15 is 0 Å². The molecule has 1 amide bonds. The van der Waals surface area contributed by atoms with Crippen LogP contribution in [0.3, 0.4) is 0 Å². The molecule has 5 nitrogen and oxygen atoms in total. The normalized spacial score (nSPS) is 22.2. The zero-order valence-electron chi connectivity index (χ0n) is 23.2. The highest BCUT2D eigenvalue weighted by molar-refractivity contribution is 5.80. The van der Waals surface area contributed by atoms with Crippen LogP contribution in [0.4, 0.5) is 36.4 Å². The van der Waals surface area contributed by atoms with Crippen LogP contribution < -0.4 is 4.90 Å². The third kappa shape index (κ3) is 5.57. The highest BCUT2D eigenvalue weighted by Crippen LogP contribution is 2.51. The van der Waals surface area contributed by atoms with Gasteiger partial charge in [-0.05, 0) is 48.2 Å². The Bertz CT molecular complexity index is 1410. The minimum atomic E-state index is -6.00. The Morgan fingerprint density at radius 2 is 1.44 bits per heavy atom. The summed E-state index contributed by atoms with van der Waals surface area (Å²) in [6.45, 7) is 3.56. The third-order valence-electron chi connectivity index (χ3n) is 8.93. The smallest absolute Gasteiger partial charge is 0.371 e. The Hall–Kier alpha value is -3.67. The van der Waals surface area contributed by atoms with Gasteiger partial charge in [0.05, 0.1) is 0 Å². The van der Waals surface area contributed by atoms with Crippen LogP contribution in [0.2, 0.25) is 0 Å². The van der Waals surface area contributed by atoms with Crippen molar-refractivity contribution in [2.75, 3.05) is 31.1 Å². The molecule has 5 rings (SSSR count). The SMILES string of the molecule is C[C@]1(c2ccc(F)cc2)CN(C(=O)C2CCN(c3ccncc3)CC2)C[C@H]1c1ccc(C(O)(C(F)(F)F)C(F)(F)F)cc1. The second-order valence-electron chi connectivity index (χ2n) is 11.5. The van der Waals surface area contributed by atoms with E-state index in [1.165, 1.54) is 12.1 Å². The summed E-state index contributed by atoms with van der Waals surface area (Å²) in [5, 5.41) is 9.82. The molecule has 1 N–H and O–H groups in total. The molecule has 0 aliphatic carbocycles. The van der Waals surface area contributed by atoms with Crippen LogP contribution >= 0.6 is 0 Å². The second kappa shape index (κ2) is 11.1. The van der Waals surface area contributed by atoms with Crippen molar-refractivity contribution in [1.29, 1.82) is 0 Å². The summed E-state index contributed by atoms with van der Waals surface area (Å²) in [6.07, 6.45) is -7.38. The van der Waals surface area contributed by atoms with Crippen LogP contribution in [0, 0.1) is 11.7 Å². The van der Waals surface area contributed by atoms with Crippen LogP contribution in [0.15, 0.2) is 73.1 Å². The lowest BCUT2D eigenvalue weighted by molar-refractivity contribution is -0.376. The van der Waals surface area contributed by atoms with Gasteiger partial charge in [-0.15, -0.1) is 0 Å². The zero-order valence-corrected chi connectivity index (χ0v) is 23.2. The summed E-state index contributed by atoms with van der Waals surface area (Å²) in [5.74, 6) is -1.34. The van der Waals surface area contributed by atoms with E-state index in [4.69, 9.17) is 0 Å². The van der Waals surface area contributed by atoms with Crippen molar-refractivity contribution in [2.24, 2.45) is 5.92 Å². The van der Waals surface area contributed by atoms with Crippen molar-refractivity contribution in [2.45, 2.75) is 49.1 Å². The minimum absolute atomic E-state index is 0.0784. The van der Waals surface area contributed by atoms with E-state index in [0.717, 1.165) is 17.8 Å². The van der Waals surface area contributed by atoms with Crippen molar-refractivity contribution in [3.05, 3.63) is 95.6 Å². The molecule has 2 aliphatic rings. The molecule has 3 heterocycles. The van der Waals surface area contributed by atoms with Gasteiger partial charge in [-0.25, -0.2) is 4.39 Å². The van der Waals surface area contributed by atoms with Crippen molar-refractivity contribution >= 4 is 11.6 Å². The van der Waals surface area contributed by atoms with E-state index < -0.39 is 40.7 Å². The number of nitrogens with zero attached hydrogens (tertiary/aromatic N) is 3.